The number of hydrogen-bond donors (Lipinski definition) is 3. The van der Waals surface area contributed by atoms with Crippen LogP contribution in [-0.4, -0.2) is 63.4 Å². The van der Waals surface area contributed by atoms with Gasteiger partial charge in [-0.2, -0.15) is 10.1 Å². The van der Waals surface area contributed by atoms with E-state index in [1.165, 1.54) is 32.0 Å². The number of benzene rings is 1. The van der Waals surface area contributed by atoms with E-state index in [9.17, 15) is 23.7 Å². The fourth-order valence-electron chi connectivity index (χ4n) is 3.77. The summed E-state index contributed by atoms with van der Waals surface area (Å²) in [7, 11) is -4.44. The minimum absolute atomic E-state index is 0.105. The molecule has 38 heavy (non-hydrogen) atoms. The number of carbonyl (C=O) groups excluding carboxylic acids is 1. The summed E-state index contributed by atoms with van der Waals surface area (Å²) in [6.45, 7) is 4.18. The fourth-order valence-corrected chi connectivity index (χ4v) is 5.46. The average molecular weight is 560 g/mol. The van der Waals surface area contributed by atoms with Crippen molar-refractivity contribution in [1.82, 2.24) is 14.6 Å². The zero-order valence-electron chi connectivity index (χ0n) is 21.2. The van der Waals surface area contributed by atoms with Crippen molar-refractivity contribution in [1.29, 1.82) is 0 Å². The van der Waals surface area contributed by atoms with E-state index in [1.807, 2.05) is 0 Å². The van der Waals surface area contributed by atoms with Crippen LogP contribution < -0.4 is 21.0 Å². The number of esters is 1. The first-order valence-corrected chi connectivity index (χ1v) is 13.3. The molecule has 2 aromatic rings. The Morgan fingerprint density at radius 3 is 2.53 bits per heavy atom. The van der Waals surface area contributed by atoms with Gasteiger partial charge in [0.1, 0.15) is 36.5 Å². The van der Waals surface area contributed by atoms with Gasteiger partial charge in [0.25, 0.3) is 0 Å². The highest BCUT2D eigenvalue weighted by atomic mass is 31.2. The van der Waals surface area contributed by atoms with Gasteiger partial charge in [-0.3, -0.25) is 13.9 Å². The third-order valence-electron chi connectivity index (χ3n) is 5.60. The van der Waals surface area contributed by atoms with Gasteiger partial charge in [-0.15, -0.1) is 0 Å². The molecule has 4 N–H and O–H groups in total. The number of nitrogens with zero attached hydrogens (tertiary/aromatic N) is 2. The molecule has 15 heteroatoms. The Kier molecular flexibility index (Phi) is 9.26. The minimum atomic E-state index is -4.44. The number of nitrogens with two attached hydrogens (primary N) is 1. The van der Waals surface area contributed by atoms with E-state index in [-0.39, 0.29) is 11.6 Å². The number of para-hydroxylation sites is 1. The van der Waals surface area contributed by atoms with Crippen LogP contribution in [0.15, 0.2) is 47.4 Å². The molecule has 1 unspecified atom stereocenters. The quantitative estimate of drug-likeness (QED) is 0.273. The van der Waals surface area contributed by atoms with E-state index in [0.29, 0.717) is 4.57 Å². The molecule has 1 fully saturated rings. The number of rotatable bonds is 11. The van der Waals surface area contributed by atoms with Gasteiger partial charge in [-0.25, -0.2) is 18.1 Å². The summed E-state index contributed by atoms with van der Waals surface area (Å²) < 4.78 is 65.9. The predicted octanol–water partition coefficient (Wildman–Crippen LogP) is 2.28. The Morgan fingerprint density at radius 2 is 1.95 bits per heavy atom. The zero-order chi connectivity index (χ0) is 28.3. The predicted molar refractivity (Wildman–Crippen MR) is 132 cm³/mol. The van der Waals surface area contributed by atoms with Crippen LogP contribution >= 0.6 is 7.75 Å². The highest BCUT2D eigenvalue weighted by Crippen LogP contribution is 2.49. The van der Waals surface area contributed by atoms with Crippen molar-refractivity contribution >= 4 is 19.5 Å². The lowest BCUT2D eigenvalue weighted by Crippen LogP contribution is -2.48. The zero-order valence-corrected chi connectivity index (χ0v) is 22.1. The molecular weight excluding hydrogens is 529 g/mol. The Balaban J connectivity index is 1.88. The van der Waals surface area contributed by atoms with Crippen LogP contribution in [0.4, 0.5) is 14.6 Å². The number of aromatic nitrogens is 2. The molecule has 0 aliphatic carbocycles. The number of aliphatic hydroxyl groups is 1. The molecule has 0 saturated carbocycles. The van der Waals surface area contributed by atoms with Gasteiger partial charge in [0.05, 0.1) is 12.2 Å². The molecule has 1 aromatic carbocycles. The van der Waals surface area contributed by atoms with Crippen LogP contribution in [0, 0.1) is 0 Å². The van der Waals surface area contributed by atoms with Crippen LogP contribution in [-0.2, 0) is 23.4 Å². The van der Waals surface area contributed by atoms with Crippen LogP contribution in [0.3, 0.4) is 0 Å². The second-order valence-corrected chi connectivity index (χ2v) is 10.7. The van der Waals surface area contributed by atoms with Gasteiger partial charge in [0, 0.05) is 6.20 Å². The van der Waals surface area contributed by atoms with Crippen molar-refractivity contribution in [2.45, 2.75) is 70.0 Å². The molecule has 12 nitrogen and oxygen atoms in total. The van der Waals surface area contributed by atoms with Crippen LogP contribution in [0.5, 0.6) is 5.75 Å². The highest BCUT2D eigenvalue weighted by molar-refractivity contribution is 7.52. The number of carbonyl (C=O) groups is 1. The van der Waals surface area contributed by atoms with Crippen LogP contribution in [0.2, 0.25) is 0 Å². The highest BCUT2D eigenvalue weighted by Gasteiger charge is 2.61. The number of alkyl halides is 2. The Morgan fingerprint density at radius 1 is 1.29 bits per heavy atom. The molecule has 0 amide bonds. The lowest BCUT2D eigenvalue weighted by molar-refractivity contribution is -0.149. The van der Waals surface area contributed by atoms with Crippen LogP contribution in [0.25, 0.3) is 0 Å². The van der Waals surface area contributed by atoms with Crippen molar-refractivity contribution in [2.24, 2.45) is 0 Å². The molecule has 210 valence electrons. The maximum Gasteiger partial charge on any atom is 0.459 e. The molecule has 2 heterocycles. The smallest absolute Gasteiger partial charge is 0.459 e. The van der Waals surface area contributed by atoms with E-state index in [1.54, 1.807) is 32.0 Å². The summed E-state index contributed by atoms with van der Waals surface area (Å²) in [6.07, 6.45) is -6.55. The normalized spacial score (nSPS) is 26.5. The molecule has 1 aliphatic heterocycles. The monoisotopic (exact) mass is 560 g/mol. The number of nitrogen functional groups attached to an aromatic ring is 1. The number of nitrogens with one attached hydrogen (secondary N) is 1. The average Bonchev–Trinajstić information content (AvgIpc) is 3.10. The largest absolute Gasteiger partial charge is 0.462 e. The van der Waals surface area contributed by atoms with Crippen molar-refractivity contribution in [3.05, 3.63) is 53.1 Å². The number of anilines is 1. The maximum atomic E-state index is 15.7. The lowest BCUT2D eigenvalue weighted by Gasteiger charge is -2.29. The second-order valence-electron chi connectivity index (χ2n) is 9.05. The minimum Gasteiger partial charge on any atom is -0.462 e. The first kappa shape index (κ1) is 29.7. The molecule has 1 saturated heterocycles. The van der Waals surface area contributed by atoms with Crippen molar-refractivity contribution in [3.8, 4) is 5.75 Å². The number of aliphatic hydroxyl groups excluding tert-OH is 1. The summed E-state index contributed by atoms with van der Waals surface area (Å²) in [5.41, 5.74) is 1.34. The fraction of sp³-hybridized carbons (Fsp3) is 0.522. The summed E-state index contributed by atoms with van der Waals surface area (Å²) >= 11 is 0. The summed E-state index contributed by atoms with van der Waals surface area (Å²) in [5.74, 6) is -0.799. The first-order chi connectivity index (χ1) is 17.8. The molecule has 0 bridgehead atoms. The van der Waals surface area contributed by atoms with Gasteiger partial charge in [-0.05, 0) is 45.9 Å². The van der Waals surface area contributed by atoms with E-state index >= 15 is 4.39 Å². The molecule has 0 radical (unpaired) electrons. The third kappa shape index (κ3) is 6.56. The van der Waals surface area contributed by atoms with Gasteiger partial charge in [0.15, 0.2) is 6.23 Å². The SMILES string of the molecule is CC(C)OC(=O)[C@H](C)N[P@](=O)(Oc1ccccc1)O[C@H](C)[C@H]1O[C@@H](n2ccc(N)nc2=O)[C@@](F)(CF)C1O. The summed E-state index contributed by atoms with van der Waals surface area (Å²) in [6, 6.07) is 7.85. The second kappa shape index (κ2) is 11.9. The van der Waals surface area contributed by atoms with Gasteiger partial charge < -0.3 is 24.8 Å². The molecule has 1 aliphatic rings. The van der Waals surface area contributed by atoms with E-state index in [2.05, 4.69) is 10.1 Å². The van der Waals surface area contributed by atoms with E-state index in [0.717, 1.165) is 6.20 Å². The summed E-state index contributed by atoms with van der Waals surface area (Å²) in [4.78, 5) is 28.1. The molecule has 3 rings (SSSR count). The Bertz CT molecular complexity index is 1220. The van der Waals surface area contributed by atoms with Crippen molar-refractivity contribution < 1.29 is 41.8 Å². The van der Waals surface area contributed by atoms with Crippen LogP contribution in [0.1, 0.15) is 33.9 Å². The van der Waals surface area contributed by atoms with Gasteiger partial charge in [0.2, 0.25) is 5.67 Å². The Labute approximate surface area is 217 Å². The standard InChI is InChI=1S/C23H31F2N4O8P/c1-13(2)34-20(31)14(3)28-38(33,37-16-8-6-5-7-9-16)36-15(4)18-19(30)23(25,12-24)21(35-18)29-11-10-17(26)27-22(29)32/h5-11,13-15,18-19,21,30H,12H2,1-4H3,(H,28,33)(H2,26,27,32)/t14-,15+,18+,19?,21+,23+,38+/m0/s1. The Hall–Kier alpha value is -2.90. The number of hydrogen-bond acceptors (Lipinski definition) is 10. The van der Waals surface area contributed by atoms with E-state index in [4.69, 9.17) is 24.3 Å². The van der Waals surface area contributed by atoms with Gasteiger partial charge >= 0.3 is 19.4 Å². The first-order valence-electron chi connectivity index (χ1n) is 11.7. The maximum absolute atomic E-state index is 15.7. The third-order valence-corrected chi connectivity index (χ3v) is 7.37. The topological polar surface area (TPSA) is 164 Å². The molecule has 7 atom stereocenters. The number of ether oxygens (including phenoxy) is 2. The molecule has 0 spiro atoms. The van der Waals surface area contributed by atoms with E-state index < -0.39 is 68.4 Å². The summed E-state index contributed by atoms with van der Waals surface area (Å²) in [5, 5.41) is 13.2. The molecule has 1 aromatic heterocycles. The number of halogens is 2. The van der Waals surface area contributed by atoms with Crippen molar-refractivity contribution in [3.63, 3.8) is 0 Å². The molecular formula is C23H31F2N4O8P. The van der Waals surface area contributed by atoms with Gasteiger partial charge in [-0.1, -0.05) is 18.2 Å². The van der Waals surface area contributed by atoms with Crippen molar-refractivity contribution in [2.75, 3.05) is 12.4 Å². The lowest BCUT2D eigenvalue weighted by atomic mass is 9.95.